The van der Waals surface area contributed by atoms with E-state index in [2.05, 4.69) is 10.5 Å². The fourth-order valence-corrected chi connectivity index (χ4v) is 4.07. The summed E-state index contributed by atoms with van der Waals surface area (Å²) in [5.41, 5.74) is 2.20. The monoisotopic (exact) mass is 446 g/mol. The number of phenols is 1. The van der Waals surface area contributed by atoms with Gasteiger partial charge < -0.3 is 5.11 Å². The molecule has 0 aliphatic heterocycles. The third-order valence-electron chi connectivity index (χ3n) is 5.75. The minimum absolute atomic E-state index is 0.260. The van der Waals surface area contributed by atoms with Crippen molar-refractivity contribution in [1.82, 2.24) is 5.43 Å². The van der Waals surface area contributed by atoms with Crippen LogP contribution in [0.1, 0.15) is 23.1 Å². The van der Waals surface area contributed by atoms with Crippen molar-refractivity contribution in [2.75, 3.05) is 0 Å². The number of hydrogen-bond donors (Lipinski definition) is 2. The summed E-state index contributed by atoms with van der Waals surface area (Å²) in [4.78, 5) is 33.3. The van der Waals surface area contributed by atoms with Crippen molar-refractivity contribution in [3.05, 3.63) is 110 Å². The van der Waals surface area contributed by atoms with Gasteiger partial charge in [-0.1, -0.05) is 60.7 Å². The van der Waals surface area contributed by atoms with Crippen molar-refractivity contribution in [3.8, 4) is 5.75 Å². The molecular weight excluding hydrogens is 428 g/mol. The summed E-state index contributed by atoms with van der Waals surface area (Å²) in [5.74, 6) is -1.57. The van der Waals surface area contributed by atoms with E-state index in [0.717, 1.165) is 23.4 Å². The lowest BCUT2D eigenvalue weighted by molar-refractivity contribution is -0.394. The van der Waals surface area contributed by atoms with Crippen molar-refractivity contribution in [1.29, 1.82) is 0 Å². The van der Waals surface area contributed by atoms with Gasteiger partial charge in [-0.2, -0.15) is 5.10 Å². The number of carbonyl (C=O) groups excluding carboxylic acids is 1. The number of benzene rings is 3. The second-order valence-electron chi connectivity index (χ2n) is 7.61. The van der Waals surface area contributed by atoms with Crippen LogP contribution in [0.4, 0.5) is 11.4 Å². The van der Waals surface area contributed by atoms with E-state index in [0.29, 0.717) is 12.5 Å². The zero-order valence-electron chi connectivity index (χ0n) is 17.1. The van der Waals surface area contributed by atoms with Crippen LogP contribution in [0.5, 0.6) is 5.75 Å². The highest BCUT2D eigenvalue weighted by atomic mass is 16.6. The Balaban J connectivity index is 1.58. The molecule has 1 aliphatic rings. The summed E-state index contributed by atoms with van der Waals surface area (Å²) in [7, 11) is 0. The fraction of sp³-hybridized carbons (Fsp3) is 0.130. The highest BCUT2D eigenvalue weighted by Gasteiger charge is 2.60. The van der Waals surface area contributed by atoms with Gasteiger partial charge in [0.1, 0.15) is 0 Å². The zero-order chi connectivity index (χ0) is 23.6. The van der Waals surface area contributed by atoms with Gasteiger partial charge in [-0.15, -0.1) is 0 Å². The van der Waals surface area contributed by atoms with Crippen LogP contribution in [0.3, 0.4) is 0 Å². The number of non-ortho nitro benzene ring substituents is 1. The van der Waals surface area contributed by atoms with Gasteiger partial charge in [-0.05, 0) is 17.5 Å². The second-order valence-corrected chi connectivity index (χ2v) is 7.61. The molecule has 10 nitrogen and oxygen atoms in total. The van der Waals surface area contributed by atoms with Gasteiger partial charge in [0.15, 0.2) is 0 Å². The quantitative estimate of drug-likeness (QED) is 0.321. The summed E-state index contributed by atoms with van der Waals surface area (Å²) < 4.78 is 0. The number of hydrogen-bond acceptors (Lipinski definition) is 7. The van der Waals surface area contributed by atoms with Crippen LogP contribution >= 0.6 is 0 Å². The molecule has 3 aromatic carbocycles. The van der Waals surface area contributed by atoms with Crippen LogP contribution in [0.15, 0.2) is 77.9 Å². The van der Waals surface area contributed by atoms with Crippen LogP contribution in [0, 0.1) is 26.1 Å². The number of carbonyl (C=O) groups is 1. The van der Waals surface area contributed by atoms with E-state index in [1.807, 2.05) is 60.7 Å². The lowest BCUT2D eigenvalue weighted by Gasteiger charge is -2.18. The molecular formula is C23H18N4O6. The Morgan fingerprint density at radius 1 is 1.00 bits per heavy atom. The predicted molar refractivity (Wildman–Crippen MR) is 119 cm³/mol. The second kappa shape index (κ2) is 8.50. The maximum Gasteiger partial charge on any atom is 0.318 e. The van der Waals surface area contributed by atoms with Crippen molar-refractivity contribution in [2.45, 2.75) is 11.8 Å². The molecule has 1 fully saturated rings. The molecule has 33 heavy (non-hydrogen) atoms. The minimum atomic E-state index is -0.934. The topological polar surface area (TPSA) is 148 Å². The minimum Gasteiger partial charge on any atom is -0.502 e. The maximum atomic E-state index is 12.9. The maximum absolute atomic E-state index is 12.9. The Morgan fingerprint density at radius 2 is 1.58 bits per heavy atom. The van der Waals surface area contributed by atoms with Gasteiger partial charge >= 0.3 is 5.69 Å². The molecule has 0 radical (unpaired) electrons. The number of nitro groups is 2. The van der Waals surface area contributed by atoms with Gasteiger partial charge in [-0.3, -0.25) is 25.0 Å². The summed E-state index contributed by atoms with van der Waals surface area (Å²) in [6, 6.07) is 20.9. The molecule has 1 unspecified atom stereocenters. The summed E-state index contributed by atoms with van der Waals surface area (Å²) in [5, 5.41) is 36.0. The number of nitrogens with one attached hydrogen (secondary N) is 1. The molecule has 166 valence electrons. The van der Waals surface area contributed by atoms with E-state index in [9.17, 15) is 30.1 Å². The first kappa shape index (κ1) is 21.6. The molecule has 0 aromatic heterocycles. The summed E-state index contributed by atoms with van der Waals surface area (Å²) >= 11 is 0. The smallest absolute Gasteiger partial charge is 0.318 e. The van der Waals surface area contributed by atoms with Crippen LogP contribution in [0.2, 0.25) is 0 Å². The van der Waals surface area contributed by atoms with Crippen LogP contribution in [-0.4, -0.2) is 27.1 Å². The average Bonchev–Trinajstić information content (AvgIpc) is 3.58. The molecule has 0 spiro atoms. The molecule has 0 heterocycles. The van der Waals surface area contributed by atoms with E-state index in [1.54, 1.807) is 0 Å². The Bertz CT molecular complexity index is 1220. The van der Waals surface area contributed by atoms with Gasteiger partial charge in [0.2, 0.25) is 11.7 Å². The molecule has 1 amide bonds. The molecule has 0 bridgehead atoms. The van der Waals surface area contributed by atoms with Crippen LogP contribution in [-0.2, 0) is 10.2 Å². The Morgan fingerprint density at radius 3 is 2.09 bits per heavy atom. The Kier molecular flexibility index (Phi) is 5.57. The number of amides is 1. The number of aromatic hydroxyl groups is 1. The number of nitrogens with zero attached hydrogens (tertiary/aromatic N) is 3. The van der Waals surface area contributed by atoms with E-state index >= 15 is 0 Å². The highest BCUT2D eigenvalue weighted by molar-refractivity contribution is 5.90. The molecule has 1 aliphatic carbocycles. The van der Waals surface area contributed by atoms with E-state index in [4.69, 9.17) is 0 Å². The first-order valence-electron chi connectivity index (χ1n) is 9.94. The van der Waals surface area contributed by atoms with E-state index in [-0.39, 0.29) is 11.5 Å². The summed E-state index contributed by atoms with van der Waals surface area (Å²) in [6.07, 6.45) is 1.51. The molecule has 0 saturated heterocycles. The van der Waals surface area contributed by atoms with Gasteiger partial charge in [0, 0.05) is 11.5 Å². The average molecular weight is 446 g/mol. The Hall–Kier alpha value is -4.60. The lowest BCUT2D eigenvalue weighted by atomic mass is 9.85. The standard InChI is InChI=1S/C23H18N4O6/c28-21-15(11-18(26(30)31)12-20(21)27(32)33)14-24-25-22(29)19-13-23(19,16-7-3-1-4-8-16)17-9-5-2-6-10-17/h1-12,14,19,28H,13H2,(H,25,29). The first-order valence-corrected chi connectivity index (χ1v) is 9.94. The SMILES string of the molecule is O=C(NN=Cc1cc([N+](=O)[O-])cc([N+](=O)[O-])c1O)C1CC1(c1ccccc1)c1ccccc1. The van der Waals surface area contributed by atoms with Crippen molar-refractivity contribution < 1.29 is 19.7 Å². The first-order chi connectivity index (χ1) is 15.8. The summed E-state index contributed by atoms with van der Waals surface area (Å²) in [6.45, 7) is 0. The van der Waals surface area contributed by atoms with Gasteiger partial charge in [0.05, 0.1) is 33.6 Å². The van der Waals surface area contributed by atoms with Gasteiger partial charge in [-0.25, -0.2) is 5.43 Å². The molecule has 10 heteroatoms. The van der Waals surface area contributed by atoms with Crippen LogP contribution in [0.25, 0.3) is 0 Å². The number of hydrazone groups is 1. The number of phenolic OH excluding ortho intramolecular Hbond substituents is 1. The molecule has 2 N–H and O–H groups in total. The van der Waals surface area contributed by atoms with Crippen LogP contribution < -0.4 is 5.43 Å². The predicted octanol–water partition coefficient (Wildman–Crippen LogP) is 3.66. The third kappa shape index (κ3) is 4.01. The van der Waals surface area contributed by atoms with E-state index < -0.39 is 38.3 Å². The lowest BCUT2D eigenvalue weighted by Crippen LogP contribution is -2.25. The van der Waals surface area contributed by atoms with Crippen molar-refractivity contribution in [3.63, 3.8) is 0 Å². The molecule has 4 rings (SSSR count). The molecule has 1 saturated carbocycles. The van der Waals surface area contributed by atoms with E-state index in [1.165, 1.54) is 0 Å². The Labute approximate surface area is 187 Å². The largest absolute Gasteiger partial charge is 0.502 e. The van der Waals surface area contributed by atoms with Crippen molar-refractivity contribution >= 4 is 23.5 Å². The molecule has 3 aromatic rings. The van der Waals surface area contributed by atoms with Gasteiger partial charge in [0.25, 0.3) is 5.69 Å². The number of nitro benzene ring substituents is 2. The zero-order valence-corrected chi connectivity index (χ0v) is 17.1. The number of rotatable bonds is 7. The fourth-order valence-electron chi connectivity index (χ4n) is 4.07. The third-order valence-corrected chi connectivity index (χ3v) is 5.75. The normalized spacial score (nSPS) is 16.3. The van der Waals surface area contributed by atoms with Crippen molar-refractivity contribution in [2.24, 2.45) is 11.0 Å². The highest BCUT2D eigenvalue weighted by Crippen LogP contribution is 2.58. The molecule has 1 atom stereocenters.